The molecule has 0 spiro atoms. The normalized spacial score (nSPS) is 22.8. The number of rotatable bonds is 7. The van der Waals surface area contributed by atoms with Gasteiger partial charge in [0.15, 0.2) is 0 Å². The Kier molecular flexibility index (Phi) is 5.99. The summed E-state index contributed by atoms with van der Waals surface area (Å²) < 4.78 is 18.6. The lowest BCUT2D eigenvalue weighted by Gasteiger charge is -2.42. The third kappa shape index (κ3) is 4.24. The predicted molar refractivity (Wildman–Crippen MR) is 99.5 cm³/mol. The van der Waals surface area contributed by atoms with Gasteiger partial charge in [0, 0.05) is 33.3 Å². The van der Waals surface area contributed by atoms with Crippen LogP contribution in [0.2, 0.25) is 0 Å². The molecule has 0 N–H and O–H groups in total. The predicted octanol–water partition coefficient (Wildman–Crippen LogP) is 2.34. The Morgan fingerprint density at radius 3 is 2.63 bits per heavy atom. The molecule has 0 unspecified atom stereocenters. The van der Waals surface area contributed by atoms with Gasteiger partial charge in [-0.2, -0.15) is 0 Å². The van der Waals surface area contributed by atoms with Crippen LogP contribution in [-0.4, -0.2) is 72.1 Å². The smallest absolute Gasteiger partial charge is 0.321 e. The van der Waals surface area contributed by atoms with Crippen LogP contribution in [0.1, 0.15) is 25.8 Å². The van der Waals surface area contributed by atoms with E-state index >= 15 is 0 Å². The fourth-order valence-corrected chi connectivity index (χ4v) is 4.00. The van der Waals surface area contributed by atoms with Gasteiger partial charge in [0.25, 0.3) is 0 Å². The van der Waals surface area contributed by atoms with Crippen LogP contribution in [0.4, 0.5) is 9.18 Å². The highest BCUT2D eigenvalue weighted by atomic mass is 19.1. The number of amides is 3. The van der Waals surface area contributed by atoms with E-state index in [1.165, 1.54) is 12.1 Å². The monoisotopic (exact) mass is 377 g/mol. The first-order valence-corrected chi connectivity index (χ1v) is 9.50. The zero-order valence-electron chi connectivity index (χ0n) is 16.2. The van der Waals surface area contributed by atoms with Crippen LogP contribution < -0.4 is 0 Å². The second kappa shape index (κ2) is 8.25. The number of carbonyl (C=O) groups is 2. The number of methoxy groups -OCH3 is 1. The molecule has 3 amide bonds. The minimum Gasteiger partial charge on any atom is -0.383 e. The third-order valence-electron chi connectivity index (χ3n) is 5.20. The van der Waals surface area contributed by atoms with E-state index < -0.39 is 6.04 Å². The number of halogens is 1. The van der Waals surface area contributed by atoms with Crippen molar-refractivity contribution in [3.05, 3.63) is 35.6 Å². The molecule has 2 saturated heterocycles. The molecular formula is C20H28FN3O3. The molecule has 2 aliphatic heterocycles. The van der Waals surface area contributed by atoms with Crippen molar-refractivity contribution >= 4 is 11.9 Å². The average molecular weight is 377 g/mol. The van der Waals surface area contributed by atoms with Gasteiger partial charge in [0.05, 0.1) is 12.6 Å². The molecule has 2 atom stereocenters. The SMILES string of the molecule is COCCN1C[C@H]2CN(Cc3cccc(F)c3)C(=O)N2[C@@H](CC(C)C)C1=O. The van der Waals surface area contributed by atoms with Crippen molar-refractivity contribution in [2.24, 2.45) is 5.92 Å². The lowest BCUT2D eigenvalue weighted by Crippen LogP contribution is -2.61. The minimum absolute atomic E-state index is 0.00189. The average Bonchev–Trinajstić information content (AvgIpc) is 2.91. The summed E-state index contributed by atoms with van der Waals surface area (Å²) in [6.07, 6.45) is 0.637. The van der Waals surface area contributed by atoms with E-state index in [9.17, 15) is 14.0 Å². The molecule has 1 aromatic rings. The number of carbonyl (C=O) groups excluding carboxylic acids is 2. The number of hydrogen-bond acceptors (Lipinski definition) is 3. The van der Waals surface area contributed by atoms with Gasteiger partial charge < -0.3 is 19.4 Å². The fourth-order valence-electron chi connectivity index (χ4n) is 4.00. The highest BCUT2D eigenvalue weighted by Gasteiger charge is 2.49. The maximum Gasteiger partial charge on any atom is 0.321 e. The first-order valence-electron chi connectivity index (χ1n) is 9.50. The minimum atomic E-state index is -0.439. The van der Waals surface area contributed by atoms with Crippen LogP contribution in [0.5, 0.6) is 0 Å². The molecule has 0 aliphatic carbocycles. The molecule has 2 fully saturated rings. The summed E-state index contributed by atoms with van der Waals surface area (Å²) in [4.78, 5) is 31.3. The number of urea groups is 1. The molecule has 2 aliphatic rings. The summed E-state index contributed by atoms with van der Waals surface area (Å²) >= 11 is 0. The van der Waals surface area contributed by atoms with Crippen LogP contribution >= 0.6 is 0 Å². The van der Waals surface area contributed by atoms with Crippen LogP contribution in [-0.2, 0) is 16.1 Å². The Bertz CT molecular complexity index is 697. The van der Waals surface area contributed by atoms with E-state index in [-0.39, 0.29) is 23.8 Å². The zero-order valence-corrected chi connectivity index (χ0v) is 16.2. The number of nitrogens with zero attached hydrogens (tertiary/aromatic N) is 3. The second-order valence-corrected chi connectivity index (χ2v) is 7.78. The van der Waals surface area contributed by atoms with Crippen molar-refractivity contribution in [3.63, 3.8) is 0 Å². The number of ether oxygens (including phenoxy) is 1. The van der Waals surface area contributed by atoms with E-state index in [1.54, 1.807) is 23.0 Å². The highest BCUT2D eigenvalue weighted by molar-refractivity contribution is 5.90. The molecule has 0 bridgehead atoms. The highest BCUT2D eigenvalue weighted by Crippen LogP contribution is 2.30. The molecule has 1 aromatic carbocycles. The van der Waals surface area contributed by atoms with Crippen LogP contribution in [0.3, 0.4) is 0 Å². The van der Waals surface area contributed by atoms with E-state index in [4.69, 9.17) is 4.74 Å². The fraction of sp³-hybridized carbons (Fsp3) is 0.600. The quantitative estimate of drug-likeness (QED) is 0.733. The number of hydrogen-bond donors (Lipinski definition) is 0. The van der Waals surface area contributed by atoms with Crippen molar-refractivity contribution in [2.75, 3.05) is 33.4 Å². The topological polar surface area (TPSA) is 53.1 Å². The molecule has 2 heterocycles. The largest absolute Gasteiger partial charge is 0.383 e. The molecule has 7 heteroatoms. The van der Waals surface area contributed by atoms with E-state index in [0.29, 0.717) is 45.1 Å². The zero-order chi connectivity index (χ0) is 19.6. The summed E-state index contributed by atoms with van der Waals surface area (Å²) in [6, 6.07) is 5.70. The van der Waals surface area contributed by atoms with Gasteiger partial charge in [-0.25, -0.2) is 9.18 Å². The van der Waals surface area contributed by atoms with Gasteiger partial charge in [-0.1, -0.05) is 26.0 Å². The summed E-state index contributed by atoms with van der Waals surface area (Å²) in [5.74, 6) is -0.0135. The summed E-state index contributed by atoms with van der Waals surface area (Å²) in [6.45, 7) is 6.54. The number of benzene rings is 1. The second-order valence-electron chi connectivity index (χ2n) is 7.78. The van der Waals surface area contributed by atoms with Crippen molar-refractivity contribution in [3.8, 4) is 0 Å². The van der Waals surface area contributed by atoms with Crippen LogP contribution in [0, 0.1) is 11.7 Å². The first-order chi connectivity index (χ1) is 12.9. The Morgan fingerprint density at radius 2 is 1.96 bits per heavy atom. The van der Waals surface area contributed by atoms with Gasteiger partial charge in [-0.3, -0.25) is 4.79 Å². The Hall–Kier alpha value is -2.15. The molecular weight excluding hydrogens is 349 g/mol. The van der Waals surface area contributed by atoms with Crippen molar-refractivity contribution < 1.29 is 18.7 Å². The maximum atomic E-state index is 13.5. The van der Waals surface area contributed by atoms with Crippen molar-refractivity contribution in [1.29, 1.82) is 0 Å². The van der Waals surface area contributed by atoms with Crippen molar-refractivity contribution in [2.45, 2.75) is 38.9 Å². The summed E-state index contributed by atoms with van der Waals surface area (Å²) in [7, 11) is 1.62. The summed E-state index contributed by atoms with van der Waals surface area (Å²) in [5.41, 5.74) is 0.756. The third-order valence-corrected chi connectivity index (χ3v) is 5.20. The van der Waals surface area contributed by atoms with Crippen LogP contribution in [0.15, 0.2) is 24.3 Å². The van der Waals surface area contributed by atoms with Gasteiger partial charge >= 0.3 is 6.03 Å². The van der Waals surface area contributed by atoms with E-state index in [0.717, 1.165) is 5.56 Å². The first kappa shape index (κ1) is 19.6. The van der Waals surface area contributed by atoms with E-state index in [1.807, 2.05) is 11.0 Å². The Labute approximate surface area is 159 Å². The van der Waals surface area contributed by atoms with Crippen LogP contribution in [0.25, 0.3) is 0 Å². The van der Waals surface area contributed by atoms with E-state index in [2.05, 4.69) is 13.8 Å². The molecule has 0 radical (unpaired) electrons. The molecule has 3 rings (SSSR count). The van der Waals surface area contributed by atoms with Gasteiger partial charge in [0.1, 0.15) is 11.9 Å². The molecule has 27 heavy (non-hydrogen) atoms. The molecule has 0 saturated carbocycles. The van der Waals surface area contributed by atoms with Gasteiger partial charge in [-0.05, 0) is 30.0 Å². The van der Waals surface area contributed by atoms with Crippen molar-refractivity contribution in [1.82, 2.24) is 14.7 Å². The lowest BCUT2D eigenvalue weighted by atomic mass is 9.97. The lowest BCUT2D eigenvalue weighted by molar-refractivity contribution is -0.143. The number of piperazine rings is 1. The van der Waals surface area contributed by atoms with Gasteiger partial charge in [-0.15, -0.1) is 0 Å². The Morgan fingerprint density at radius 1 is 1.22 bits per heavy atom. The number of fused-ring (bicyclic) bond motifs is 1. The molecule has 6 nitrogen and oxygen atoms in total. The van der Waals surface area contributed by atoms with Gasteiger partial charge in [0.2, 0.25) is 5.91 Å². The summed E-state index contributed by atoms with van der Waals surface area (Å²) in [5, 5.41) is 0. The standard InChI is InChI=1S/C20H28FN3O3/c1-14(2)9-18-19(25)22(7-8-27-3)12-17-13-23(20(26)24(17)18)11-15-5-4-6-16(21)10-15/h4-6,10,14,17-18H,7-9,11-13H2,1-3H3/t17-,18-/m0/s1. The Balaban J connectivity index is 1.79. The maximum absolute atomic E-state index is 13.5. The molecule has 148 valence electrons. The molecule has 0 aromatic heterocycles.